The van der Waals surface area contributed by atoms with Crippen LogP contribution in [-0.2, 0) is 9.84 Å². The van der Waals surface area contributed by atoms with Gasteiger partial charge in [-0.1, -0.05) is 6.07 Å². The summed E-state index contributed by atoms with van der Waals surface area (Å²) in [5.41, 5.74) is -0.278. The van der Waals surface area contributed by atoms with Crippen molar-refractivity contribution >= 4 is 21.2 Å². The standard InChI is InChI=1S/C22H26F3NO5S/c1-12-4-5-17(15(23)8-12)26-21-19(18(31-3)9-16(24)20(21)25)13(2)32(29,30)22(6-7-22)10-14(28)11-27/h4-5,8-9,13-14,26-28H,6-7,10-11H2,1-3H3/t13?,14-/m0/s1. The highest BCUT2D eigenvalue weighted by Crippen LogP contribution is 2.54. The van der Waals surface area contributed by atoms with E-state index in [-0.39, 0.29) is 36.3 Å². The second-order valence-corrected chi connectivity index (χ2v) is 10.8. The van der Waals surface area contributed by atoms with Crippen molar-refractivity contribution in [3.8, 4) is 5.75 Å². The van der Waals surface area contributed by atoms with Crippen LogP contribution in [0, 0.1) is 24.4 Å². The lowest BCUT2D eigenvalue weighted by atomic mass is 10.1. The summed E-state index contributed by atoms with van der Waals surface area (Å²) in [4.78, 5) is 0. The van der Waals surface area contributed by atoms with Crippen LogP contribution >= 0.6 is 0 Å². The summed E-state index contributed by atoms with van der Waals surface area (Å²) in [6.07, 6.45) is -0.890. The number of benzene rings is 2. The highest BCUT2D eigenvalue weighted by atomic mass is 32.2. The fourth-order valence-corrected chi connectivity index (χ4v) is 6.33. The quantitative estimate of drug-likeness (QED) is 0.511. The number of halogens is 3. The molecule has 0 bridgehead atoms. The van der Waals surface area contributed by atoms with Crippen LogP contribution in [0.3, 0.4) is 0 Å². The van der Waals surface area contributed by atoms with Gasteiger partial charge < -0.3 is 20.3 Å². The van der Waals surface area contributed by atoms with Gasteiger partial charge in [0.15, 0.2) is 21.5 Å². The lowest BCUT2D eigenvalue weighted by molar-refractivity contribution is 0.0857. The molecule has 1 fully saturated rings. The maximum Gasteiger partial charge on any atom is 0.182 e. The number of hydrogen-bond donors (Lipinski definition) is 3. The normalized spacial score (nSPS) is 17.0. The zero-order valence-electron chi connectivity index (χ0n) is 18.0. The minimum Gasteiger partial charge on any atom is -0.496 e. The Labute approximate surface area is 185 Å². The van der Waals surface area contributed by atoms with Crippen LogP contribution in [0.15, 0.2) is 24.3 Å². The fourth-order valence-electron chi connectivity index (χ4n) is 3.94. The van der Waals surface area contributed by atoms with E-state index in [9.17, 15) is 26.7 Å². The molecule has 0 spiro atoms. The number of hydrogen-bond acceptors (Lipinski definition) is 6. The Balaban J connectivity index is 2.13. The van der Waals surface area contributed by atoms with Crippen molar-refractivity contribution in [2.75, 3.05) is 19.0 Å². The second-order valence-electron chi connectivity index (χ2n) is 8.18. The van der Waals surface area contributed by atoms with Crippen LogP contribution in [0.4, 0.5) is 24.5 Å². The first-order valence-electron chi connectivity index (χ1n) is 10.1. The van der Waals surface area contributed by atoms with Gasteiger partial charge in [0.05, 0.1) is 41.2 Å². The zero-order valence-corrected chi connectivity index (χ0v) is 18.8. The molecule has 2 atom stereocenters. The van der Waals surface area contributed by atoms with Crippen LogP contribution < -0.4 is 10.1 Å². The summed E-state index contributed by atoms with van der Waals surface area (Å²) in [6.45, 7) is 2.38. The van der Waals surface area contributed by atoms with Gasteiger partial charge in [-0.3, -0.25) is 0 Å². The molecule has 0 saturated heterocycles. The van der Waals surface area contributed by atoms with E-state index in [0.717, 1.165) is 6.07 Å². The zero-order chi connectivity index (χ0) is 23.8. The topological polar surface area (TPSA) is 95.9 Å². The Morgan fingerprint density at radius 1 is 1.19 bits per heavy atom. The van der Waals surface area contributed by atoms with Crippen LogP contribution in [0.2, 0.25) is 0 Å². The molecule has 1 aliphatic rings. The fraction of sp³-hybridized carbons (Fsp3) is 0.455. The van der Waals surface area contributed by atoms with Crippen molar-refractivity contribution in [1.29, 1.82) is 0 Å². The average molecular weight is 474 g/mol. The van der Waals surface area contributed by atoms with Crippen molar-refractivity contribution in [1.82, 2.24) is 0 Å². The lowest BCUT2D eigenvalue weighted by Gasteiger charge is -2.27. The molecule has 0 aliphatic heterocycles. The first-order chi connectivity index (χ1) is 15.0. The maximum atomic E-state index is 14.9. The summed E-state index contributed by atoms with van der Waals surface area (Å²) in [5.74, 6) is -3.60. The Morgan fingerprint density at radius 3 is 2.38 bits per heavy atom. The molecule has 32 heavy (non-hydrogen) atoms. The van der Waals surface area contributed by atoms with Gasteiger partial charge in [0.2, 0.25) is 0 Å². The van der Waals surface area contributed by atoms with E-state index in [0.29, 0.717) is 5.56 Å². The average Bonchev–Trinajstić information content (AvgIpc) is 3.53. The predicted octanol–water partition coefficient (Wildman–Crippen LogP) is 3.92. The van der Waals surface area contributed by atoms with Gasteiger partial charge in [-0.15, -0.1) is 0 Å². The highest BCUT2D eigenvalue weighted by molar-refractivity contribution is 7.93. The minimum atomic E-state index is -4.05. The van der Waals surface area contributed by atoms with E-state index in [1.807, 2.05) is 0 Å². The van der Waals surface area contributed by atoms with Crippen LogP contribution in [0.5, 0.6) is 5.75 Å². The van der Waals surface area contributed by atoms with Crippen LogP contribution in [0.1, 0.15) is 42.6 Å². The first kappa shape index (κ1) is 24.3. The van der Waals surface area contributed by atoms with Gasteiger partial charge in [-0.25, -0.2) is 21.6 Å². The number of anilines is 2. The number of aliphatic hydroxyl groups is 2. The Kier molecular flexibility index (Phi) is 6.78. The molecule has 0 radical (unpaired) electrons. The molecule has 0 amide bonds. The SMILES string of the molecule is COc1cc(F)c(F)c(Nc2ccc(C)cc2F)c1C(C)S(=O)(=O)C1(C[C@H](O)CO)CC1. The molecular weight excluding hydrogens is 447 g/mol. The molecule has 1 unspecified atom stereocenters. The van der Waals surface area contributed by atoms with Gasteiger partial charge >= 0.3 is 0 Å². The molecule has 1 saturated carbocycles. The molecule has 0 heterocycles. The molecule has 6 nitrogen and oxygen atoms in total. The van der Waals surface area contributed by atoms with E-state index in [4.69, 9.17) is 9.84 Å². The number of aliphatic hydroxyl groups excluding tert-OH is 2. The third-order valence-electron chi connectivity index (χ3n) is 5.93. The smallest absolute Gasteiger partial charge is 0.182 e. The Morgan fingerprint density at radius 2 is 1.84 bits per heavy atom. The third kappa shape index (κ3) is 4.31. The van der Waals surface area contributed by atoms with E-state index in [1.54, 1.807) is 13.0 Å². The minimum absolute atomic E-state index is 0.162. The molecular formula is C22H26F3NO5S. The van der Waals surface area contributed by atoms with Crippen molar-refractivity contribution in [3.05, 3.63) is 52.8 Å². The largest absolute Gasteiger partial charge is 0.496 e. The molecule has 2 aromatic carbocycles. The Bertz CT molecular complexity index is 1120. The number of aryl methyl sites for hydroxylation is 1. The number of rotatable bonds is 9. The maximum absolute atomic E-state index is 14.9. The van der Waals surface area contributed by atoms with Gasteiger partial charge in [0.25, 0.3) is 0 Å². The van der Waals surface area contributed by atoms with Gasteiger partial charge in [0, 0.05) is 11.6 Å². The molecule has 0 aromatic heterocycles. The van der Waals surface area contributed by atoms with Crippen molar-refractivity contribution < 1.29 is 36.5 Å². The highest BCUT2D eigenvalue weighted by Gasteiger charge is 2.57. The molecule has 10 heteroatoms. The van der Waals surface area contributed by atoms with E-state index in [2.05, 4.69) is 5.32 Å². The van der Waals surface area contributed by atoms with Crippen LogP contribution in [0.25, 0.3) is 0 Å². The third-order valence-corrected chi connectivity index (χ3v) is 8.88. The van der Waals surface area contributed by atoms with E-state index < -0.39 is 55.7 Å². The van der Waals surface area contributed by atoms with E-state index in [1.165, 1.54) is 26.2 Å². The molecule has 3 rings (SSSR count). The monoisotopic (exact) mass is 473 g/mol. The number of methoxy groups -OCH3 is 1. The first-order valence-corrected chi connectivity index (χ1v) is 11.6. The van der Waals surface area contributed by atoms with Gasteiger partial charge in [-0.05, 0) is 50.8 Å². The molecule has 176 valence electrons. The van der Waals surface area contributed by atoms with Gasteiger partial charge in [0.1, 0.15) is 11.6 Å². The second kappa shape index (κ2) is 8.92. The molecule has 3 N–H and O–H groups in total. The van der Waals surface area contributed by atoms with Crippen molar-refractivity contribution in [3.63, 3.8) is 0 Å². The summed E-state index contributed by atoms with van der Waals surface area (Å²) in [6, 6.07) is 4.85. The predicted molar refractivity (Wildman–Crippen MR) is 114 cm³/mol. The number of sulfone groups is 1. The Hall–Kier alpha value is -2.30. The molecule has 1 aliphatic carbocycles. The summed E-state index contributed by atoms with van der Waals surface area (Å²) < 4.78 is 74.5. The molecule has 2 aromatic rings. The number of nitrogens with one attached hydrogen (secondary N) is 1. The van der Waals surface area contributed by atoms with Crippen LogP contribution in [-0.4, -0.2) is 43.2 Å². The summed E-state index contributed by atoms with van der Waals surface area (Å²) in [7, 11) is -2.86. The summed E-state index contributed by atoms with van der Waals surface area (Å²) in [5, 5.41) is 20.1. The van der Waals surface area contributed by atoms with E-state index >= 15 is 0 Å². The lowest BCUT2D eigenvalue weighted by Crippen LogP contribution is -2.33. The number of ether oxygens (including phenoxy) is 1. The van der Waals surface area contributed by atoms with Crippen molar-refractivity contribution in [2.45, 2.75) is 49.2 Å². The summed E-state index contributed by atoms with van der Waals surface area (Å²) >= 11 is 0. The van der Waals surface area contributed by atoms with Gasteiger partial charge in [-0.2, -0.15) is 0 Å². The van der Waals surface area contributed by atoms with Crippen molar-refractivity contribution in [2.24, 2.45) is 0 Å².